The molecule has 2 saturated heterocycles. The molecule has 0 unspecified atom stereocenters. The van der Waals surface area contributed by atoms with Gasteiger partial charge >= 0.3 is 17.8 Å². The largest absolute Gasteiger partial charge is 0.508 e. The number of aryl methyl sites for hydroxylation is 3. The monoisotopic (exact) mass is 974 g/mol. The number of benzene rings is 3. The number of phenols is 2. The first kappa shape index (κ1) is 48.6. The third-order valence-corrected chi connectivity index (χ3v) is 14.5. The second-order valence-electron chi connectivity index (χ2n) is 17.6. The summed E-state index contributed by atoms with van der Waals surface area (Å²) in [6, 6.07) is 18.9. The molecule has 15 nitrogen and oxygen atoms in total. The summed E-state index contributed by atoms with van der Waals surface area (Å²) in [6.45, 7) is 17.6. The average molecular weight is 976 g/mol. The maximum Gasteiger partial charge on any atom is 0.490 e. The standard InChI is InChI=1S/C46H53ClN10O3S.C2HF3O2/c1-5-33-24-37(40(59)25-39(33)58)43-50-52-46(60)57(43)36-12-6-31(7-13-36)26-54-20-22-55(23-21-54)27-32-14-17-53(18-15-32)19-16-38-44-51-49-30(4)56(44)45-41(28(2)29(3)61-45)42(48-38)34-8-10-35(47)11-9-34;3-2(4,5)1(6)7/h6-13,24-25,32,38,58-59H,5,14-23,26-27H2,1-4H3,(H,52,60);(H,6,7)/t38-;/m0./s1. The number of nitrogens with one attached hydrogen (secondary N) is 1. The van der Waals surface area contributed by atoms with Crippen LogP contribution in [-0.2, 0) is 17.8 Å². The molecular formula is C48H54ClF3N10O5S. The quantitative estimate of drug-likeness (QED) is 0.0993. The minimum absolute atomic E-state index is 0.0171. The van der Waals surface area contributed by atoms with Gasteiger partial charge in [-0.25, -0.2) is 19.3 Å². The lowest BCUT2D eigenvalue weighted by atomic mass is 9.95. The van der Waals surface area contributed by atoms with Crippen LogP contribution in [0.2, 0.25) is 5.02 Å². The Morgan fingerprint density at radius 2 is 1.54 bits per heavy atom. The van der Waals surface area contributed by atoms with Crippen molar-refractivity contribution in [3.8, 4) is 33.6 Å². The molecule has 6 aromatic rings. The summed E-state index contributed by atoms with van der Waals surface area (Å²) in [6.07, 6.45) is -1.22. The zero-order valence-corrected chi connectivity index (χ0v) is 39.8. The van der Waals surface area contributed by atoms with Crippen molar-refractivity contribution in [1.82, 2.24) is 44.2 Å². The molecule has 1 atom stereocenters. The number of halogens is 4. The number of carboxylic acid groups (broad SMARTS) is 1. The van der Waals surface area contributed by atoms with E-state index in [2.05, 4.69) is 72.7 Å². The summed E-state index contributed by atoms with van der Waals surface area (Å²) in [4.78, 5) is 36.3. The number of H-pyrrole nitrogens is 1. The van der Waals surface area contributed by atoms with Crippen molar-refractivity contribution in [2.75, 3.05) is 52.4 Å². The lowest BCUT2D eigenvalue weighted by Crippen LogP contribution is -2.48. The first-order valence-corrected chi connectivity index (χ1v) is 23.8. The molecule has 0 radical (unpaired) electrons. The molecule has 0 spiro atoms. The van der Waals surface area contributed by atoms with Crippen molar-refractivity contribution >= 4 is 34.6 Å². The highest BCUT2D eigenvalue weighted by atomic mass is 35.5. The second-order valence-corrected chi connectivity index (χ2v) is 19.2. The fourth-order valence-corrected chi connectivity index (χ4v) is 10.5. The third-order valence-electron chi connectivity index (χ3n) is 13.1. The Hall–Kier alpha value is -5.86. The van der Waals surface area contributed by atoms with Gasteiger partial charge in [0, 0.05) is 72.9 Å². The molecular weight excluding hydrogens is 921 g/mol. The summed E-state index contributed by atoms with van der Waals surface area (Å²) < 4.78 is 35.4. The van der Waals surface area contributed by atoms with Crippen molar-refractivity contribution < 1.29 is 33.3 Å². The van der Waals surface area contributed by atoms with E-state index in [0.29, 0.717) is 35.0 Å². The Morgan fingerprint density at radius 1 is 0.882 bits per heavy atom. The van der Waals surface area contributed by atoms with Gasteiger partial charge in [-0.3, -0.25) is 14.5 Å². The molecule has 20 heteroatoms. The van der Waals surface area contributed by atoms with Crippen molar-refractivity contribution in [2.45, 2.75) is 72.1 Å². The fourth-order valence-electron chi connectivity index (χ4n) is 9.19. The molecule has 3 aliphatic rings. The van der Waals surface area contributed by atoms with Crippen LogP contribution in [0.4, 0.5) is 13.2 Å². The Bertz CT molecular complexity index is 2840. The number of alkyl halides is 3. The summed E-state index contributed by atoms with van der Waals surface area (Å²) in [5.74, 6) is -0.0622. The van der Waals surface area contributed by atoms with Gasteiger partial charge in [0.05, 0.1) is 17.0 Å². The van der Waals surface area contributed by atoms with Gasteiger partial charge in [0.15, 0.2) is 11.6 Å². The van der Waals surface area contributed by atoms with Gasteiger partial charge in [-0.2, -0.15) is 18.3 Å². The number of aromatic amines is 1. The zero-order valence-electron chi connectivity index (χ0n) is 38.2. The fraction of sp³-hybridized carbons (Fsp3) is 0.417. The highest BCUT2D eigenvalue weighted by molar-refractivity contribution is 7.15. The predicted molar refractivity (Wildman–Crippen MR) is 255 cm³/mol. The third kappa shape index (κ3) is 10.6. The van der Waals surface area contributed by atoms with Crippen molar-refractivity contribution in [3.63, 3.8) is 0 Å². The molecule has 0 aliphatic carbocycles. The van der Waals surface area contributed by atoms with E-state index < -0.39 is 17.8 Å². The number of piperidine rings is 1. The number of hydrogen-bond donors (Lipinski definition) is 4. The molecule has 68 heavy (non-hydrogen) atoms. The molecule has 0 amide bonds. The van der Waals surface area contributed by atoms with Crippen LogP contribution < -0.4 is 5.69 Å². The van der Waals surface area contributed by atoms with Crippen LogP contribution in [0.15, 0.2) is 70.5 Å². The number of thiophene rings is 1. The Morgan fingerprint density at radius 3 is 2.19 bits per heavy atom. The number of carboxylic acids is 1. The number of aliphatic imine (C=N–C) groups is 1. The smallest absolute Gasteiger partial charge is 0.490 e. The van der Waals surface area contributed by atoms with Crippen LogP contribution in [0.25, 0.3) is 22.1 Å². The first-order valence-electron chi connectivity index (χ1n) is 22.6. The molecule has 3 aromatic carbocycles. The molecule has 2 fully saturated rings. The van der Waals surface area contributed by atoms with E-state index in [1.165, 1.54) is 45.0 Å². The van der Waals surface area contributed by atoms with Gasteiger partial charge in [0.2, 0.25) is 0 Å². The number of carbonyl (C=O) groups is 1. The molecule has 360 valence electrons. The minimum Gasteiger partial charge on any atom is -0.508 e. The summed E-state index contributed by atoms with van der Waals surface area (Å²) >= 11 is 8.11. The normalized spacial score (nSPS) is 17.2. The number of fused-ring (bicyclic) bond motifs is 3. The Balaban J connectivity index is 0.000000830. The average Bonchev–Trinajstić information content (AvgIpc) is 3.95. The SMILES string of the molecule is CCc1cc(-c2n[nH]c(=O)n2-c2ccc(CN3CCN(CC4CCN(CC[C@@H]5N=C(c6ccc(Cl)cc6)c6c(sc(C)c6C)-n6c(C)nnc65)CC4)CC3)cc2)c(O)cc1O.O=C(O)C(F)(F)F. The molecule has 0 saturated carbocycles. The van der Waals surface area contributed by atoms with Gasteiger partial charge in [-0.1, -0.05) is 42.8 Å². The van der Waals surface area contributed by atoms with Crippen LogP contribution >= 0.6 is 22.9 Å². The van der Waals surface area contributed by atoms with E-state index in [9.17, 15) is 28.2 Å². The van der Waals surface area contributed by atoms with Gasteiger partial charge in [0.1, 0.15) is 28.4 Å². The van der Waals surface area contributed by atoms with Crippen LogP contribution in [0.5, 0.6) is 11.5 Å². The van der Waals surface area contributed by atoms with Gasteiger partial charge < -0.3 is 25.1 Å². The molecule has 4 N–H and O–H groups in total. The van der Waals surface area contributed by atoms with Crippen LogP contribution in [0.1, 0.15) is 76.6 Å². The summed E-state index contributed by atoms with van der Waals surface area (Å²) in [7, 11) is 0. The number of aliphatic carboxylic acids is 1. The highest BCUT2D eigenvalue weighted by Crippen LogP contribution is 2.40. The second kappa shape index (κ2) is 20.4. The maximum absolute atomic E-state index is 12.9. The van der Waals surface area contributed by atoms with Gasteiger partial charge in [-0.15, -0.1) is 21.5 Å². The van der Waals surface area contributed by atoms with Crippen LogP contribution in [0, 0.1) is 26.7 Å². The lowest BCUT2D eigenvalue weighted by molar-refractivity contribution is -0.192. The lowest BCUT2D eigenvalue weighted by Gasteiger charge is -2.39. The summed E-state index contributed by atoms with van der Waals surface area (Å²) in [5.41, 5.74) is 7.00. The molecule has 3 aromatic heterocycles. The van der Waals surface area contributed by atoms with Crippen molar-refractivity contribution in [2.24, 2.45) is 10.9 Å². The Labute approximate surface area is 400 Å². The maximum atomic E-state index is 12.9. The summed E-state index contributed by atoms with van der Waals surface area (Å²) in [5, 5.41) is 45.8. The number of rotatable bonds is 11. The van der Waals surface area contributed by atoms with Gasteiger partial charge in [-0.05, 0) is 112 Å². The van der Waals surface area contributed by atoms with Crippen LogP contribution in [0.3, 0.4) is 0 Å². The number of phenolic OH excluding ortho intramolecular Hbond substituents is 2. The molecule has 6 heterocycles. The van der Waals surface area contributed by atoms with Crippen LogP contribution in [-0.4, -0.2) is 130 Å². The van der Waals surface area contributed by atoms with Crippen molar-refractivity contribution in [1.29, 1.82) is 0 Å². The zero-order chi connectivity index (χ0) is 48.4. The van der Waals surface area contributed by atoms with E-state index in [1.54, 1.807) is 17.4 Å². The number of piperazine rings is 1. The van der Waals surface area contributed by atoms with E-state index in [-0.39, 0.29) is 17.5 Å². The van der Waals surface area contributed by atoms with E-state index in [1.807, 2.05) is 38.1 Å². The van der Waals surface area contributed by atoms with E-state index >= 15 is 0 Å². The number of aromatic hydroxyl groups is 2. The first-order chi connectivity index (χ1) is 32.5. The number of aromatic nitrogens is 6. The molecule has 0 bridgehead atoms. The highest BCUT2D eigenvalue weighted by Gasteiger charge is 2.38. The number of likely N-dealkylation sites (tertiary alicyclic amines) is 1. The molecule has 3 aliphatic heterocycles. The Kier molecular flexibility index (Phi) is 14.6. The predicted octanol–water partition coefficient (Wildman–Crippen LogP) is 7.87. The van der Waals surface area contributed by atoms with Gasteiger partial charge in [0.25, 0.3) is 0 Å². The minimum atomic E-state index is -5.08. The topological polar surface area (TPSA) is 181 Å². The van der Waals surface area contributed by atoms with E-state index in [4.69, 9.17) is 31.6 Å². The van der Waals surface area contributed by atoms with Crippen molar-refractivity contribution in [3.05, 3.63) is 121 Å². The number of nitrogens with zero attached hydrogens (tertiary/aromatic N) is 9. The van der Waals surface area contributed by atoms with E-state index in [0.717, 1.165) is 98.3 Å². The molecule has 9 rings (SSSR count). The number of hydrogen-bond acceptors (Lipinski definition) is 12.